The fourth-order valence-corrected chi connectivity index (χ4v) is 3.02. The highest BCUT2D eigenvalue weighted by Crippen LogP contribution is 2.27. The van der Waals surface area contributed by atoms with Gasteiger partial charge in [-0.3, -0.25) is 10.2 Å². The number of carboxylic acid groups (broad SMARTS) is 1. The van der Waals surface area contributed by atoms with Gasteiger partial charge in [-0.2, -0.15) is 0 Å². The van der Waals surface area contributed by atoms with E-state index in [4.69, 9.17) is 11.1 Å². The van der Waals surface area contributed by atoms with Crippen LogP contribution >= 0.6 is 0 Å². The minimum absolute atomic E-state index is 0.0716. The summed E-state index contributed by atoms with van der Waals surface area (Å²) in [4.78, 5) is 23.6. The third kappa shape index (κ3) is 4.81. The first-order chi connectivity index (χ1) is 11.0. The molecular formula is C17H23N3O3. The summed E-state index contributed by atoms with van der Waals surface area (Å²) >= 11 is 0. The summed E-state index contributed by atoms with van der Waals surface area (Å²) in [5.74, 6) is -1.12. The highest BCUT2D eigenvalue weighted by molar-refractivity contribution is 5.99. The lowest BCUT2D eigenvalue weighted by Gasteiger charge is -2.25. The lowest BCUT2D eigenvalue weighted by Crippen LogP contribution is -2.42. The molecule has 1 aromatic carbocycles. The first-order valence-corrected chi connectivity index (χ1v) is 7.95. The molecule has 1 aliphatic rings. The summed E-state index contributed by atoms with van der Waals surface area (Å²) in [6, 6.07) is 5.39. The zero-order chi connectivity index (χ0) is 16.8. The van der Waals surface area contributed by atoms with Crippen molar-refractivity contribution in [1.82, 2.24) is 5.32 Å². The summed E-state index contributed by atoms with van der Waals surface area (Å²) in [6.45, 7) is 0. The third-order valence-electron chi connectivity index (χ3n) is 4.36. The van der Waals surface area contributed by atoms with Gasteiger partial charge >= 0.3 is 5.97 Å². The molecule has 0 heterocycles. The number of nitrogens with two attached hydrogens (primary N) is 1. The van der Waals surface area contributed by atoms with Crippen LogP contribution in [0.5, 0.6) is 0 Å². The summed E-state index contributed by atoms with van der Waals surface area (Å²) in [5, 5.41) is 19.3. The molecule has 6 nitrogen and oxygen atoms in total. The number of nitrogen functional groups attached to an aromatic ring is 1. The van der Waals surface area contributed by atoms with Crippen molar-refractivity contribution in [2.24, 2.45) is 11.7 Å². The van der Waals surface area contributed by atoms with Gasteiger partial charge in [0.2, 0.25) is 0 Å². The molecule has 5 N–H and O–H groups in total. The maximum absolute atomic E-state index is 12.2. The van der Waals surface area contributed by atoms with Crippen molar-refractivity contribution in [2.45, 2.75) is 44.6 Å². The molecule has 2 rings (SSSR count). The SMILES string of the molecule is N=C(N)c1ccc(C(=O)N[C@H](CC2CCCCC2)C(=O)O)cc1. The predicted octanol–water partition coefficient (Wildman–Crippen LogP) is 2.12. The van der Waals surface area contributed by atoms with E-state index in [0.29, 0.717) is 23.5 Å². The van der Waals surface area contributed by atoms with Crippen LogP contribution in [0.15, 0.2) is 24.3 Å². The number of amidine groups is 1. The fourth-order valence-electron chi connectivity index (χ4n) is 3.02. The minimum atomic E-state index is -0.996. The average Bonchev–Trinajstić information content (AvgIpc) is 2.55. The fraction of sp³-hybridized carbons (Fsp3) is 0.471. The lowest BCUT2D eigenvalue weighted by atomic mass is 9.85. The van der Waals surface area contributed by atoms with Crippen LogP contribution in [0.3, 0.4) is 0 Å². The molecule has 1 fully saturated rings. The van der Waals surface area contributed by atoms with Gasteiger partial charge < -0.3 is 16.2 Å². The molecule has 1 atom stereocenters. The van der Waals surface area contributed by atoms with Crippen LogP contribution in [-0.4, -0.2) is 28.9 Å². The molecule has 0 saturated heterocycles. The molecule has 1 aromatic rings. The van der Waals surface area contributed by atoms with Gasteiger partial charge in [0.1, 0.15) is 11.9 Å². The van der Waals surface area contributed by atoms with Crippen LogP contribution in [-0.2, 0) is 4.79 Å². The van der Waals surface area contributed by atoms with E-state index in [1.165, 1.54) is 6.42 Å². The van der Waals surface area contributed by atoms with Crippen LogP contribution < -0.4 is 11.1 Å². The normalized spacial score (nSPS) is 16.5. The van der Waals surface area contributed by atoms with Crippen molar-refractivity contribution < 1.29 is 14.7 Å². The lowest BCUT2D eigenvalue weighted by molar-refractivity contribution is -0.139. The zero-order valence-electron chi connectivity index (χ0n) is 13.0. The minimum Gasteiger partial charge on any atom is -0.480 e. The monoisotopic (exact) mass is 317 g/mol. The summed E-state index contributed by atoms with van der Waals surface area (Å²) in [6.07, 6.45) is 6.03. The number of hydrogen-bond donors (Lipinski definition) is 4. The maximum atomic E-state index is 12.2. The van der Waals surface area contributed by atoms with Crippen molar-refractivity contribution in [2.75, 3.05) is 0 Å². The summed E-state index contributed by atoms with van der Waals surface area (Å²) in [5.41, 5.74) is 6.26. The van der Waals surface area contributed by atoms with Crippen molar-refractivity contribution >= 4 is 17.7 Å². The van der Waals surface area contributed by atoms with Gasteiger partial charge in [0.05, 0.1) is 0 Å². The smallest absolute Gasteiger partial charge is 0.326 e. The first-order valence-electron chi connectivity index (χ1n) is 7.95. The molecule has 124 valence electrons. The van der Waals surface area contributed by atoms with Gasteiger partial charge in [0, 0.05) is 11.1 Å². The molecule has 6 heteroatoms. The van der Waals surface area contributed by atoms with E-state index >= 15 is 0 Å². The molecular weight excluding hydrogens is 294 g/mol. The number of amides is 1. The number of carboxylic acids is 1. The van der Waals surface area contributed by atoms with Gasteiger partial charge in [-0.25, -0.2) is 4.79 Å². The number of nitrogens with one attached hydrogen (secondary N) is 2. The van der Waals surface area contributed by atoms with Crippen LogP contribution in [0.1, 0.15) is 54.4 Å². The zero-order valence-corrected chi connectivity index (χ0v) is 13.0. The largest absolute Gasteiger partial charge is 0.480 e. The topological polar surface area (TPSA) is 116 Å². The number of hydrogen-bond acceptors (Lipinski definition) is 3. The Bertz CT molecular complexity index is 577. The Balaban J connectivity index is 1.99. The quantitative estimate of drug-likeness (QED) is 0.475. The number of carbonyl (C=O) groups is 2. The molecule has 23 heavy (non-hydrogen) atoms. The molecule has 0 bridgehead atoms. The number of benzene rings is 1. The van der Waals surface area contributed by atoms with Crippen LogP contribution in [0.4, 0.5) is 0 Å². The number of carbonyl (C=O) groups excluding carboxylic acids is 1. The second kappa shape index (κ2) is 7.76. The number of rotatable bonds is 6. The Hall–Kier alpha value is -2.37. The van der Waals surface area contributed by atoms with Crippen LogP contribution in [0.2, 0.25) is 0 Å². The second-order valence-corrected chi connectivity index (χ2v) is 6.10. The third-order valence-corrected chi connectivity index (χ3v) is 4.36. The van der Waals surface area contributed by atoms with E-state index in [-0.39, 0.29) is 5.84 Å². The summed E-state index contributed by atoms with van der Waals surface area (Å²) < 4.78 is 0. The highest BCUT2D eigenvalue weighted by atomic mass is 16.4. The Labute approximate surface area is 135 Å². The Morgan fingerprint density at radius 3 is 2.26 bits per heavy atom. The Kier molecular flexibility index (Phi) is 5.73. The maximum Gasteiger partial charge on any atom is 0.326 e. The molecule has 0 unspecified atom stereocenters. The van der Waals surface area contributed by atoms with Gasteiger partial charge in [-0.05, 0) is 24.5 Å². The van der Waals surface area contributed by atoms with Crippen LogP contribution in [0.25, 0.3) is 0 Å². The number of aliphatic carboxylic acids is 1. The van der Waals surface area contributed by atoms with Crippen LogP contribution in [0, 0.1) is 11.3 Å². The van der Waals surface area contributed by atoms with Crippen molar-refractivity contribution in [3.63, 3.8) is 0 Å². The van der Waals surface area contributed by atoms with Crippen molar-refractivity contribution in [3.05, 3.63) is 35.4 Å². The molecule has 0 aliphatic heterocycles. The standard InChI is InChI=1S/C17H23N3O3/c18-15(19)12-6-8-13(9-7-12)16(21)20-14(17(22)23)10-11-4-2-1-3-5-11/h6-9,11,14H,1-5,10H2,(H3,18,19)(H,20,21)(H,22,23)/t14-/m1/s1. The molecule has 1 saturated carbocycles. The Morgan fingerprint density at radius 2 is 1.74 bits per heavy atom. The van der Waals surface area contributed by atoms with Gasteiger partial charge in [-0.1, -0.05) is 44.2 Å². The predicted molar refractivity (Wildman–Crippen MR) is 87.5 cm³/mol. The highest BCUT2D eigenvalue weighted by Gasteiger charge is 2.25. The molecule has 0 aromatic heterocycles. The van der Waals surface area contributed by atoms with E-state index in [2.05, 4.69) is 5.32 Å². The first kappa shape index (κ1) is 17.0. The van der Waals surface area contributed by atoms with E-state index in [0.717, 1.165) is 25.7 Å². The van der Waals surface area contributed by atoms with E-state index in [9.17, 15) is 14.7 Å². The van der Waals surface area contributed by atoms with Crippen molar-refractivity contribution in [1.29, 1.82) is 5.41 Å². The van der Waals surface area contributed by atoms with E-state index < -0.39 is 17.9 Å². The molecule has 1 amide bonds. The summed E-state index contributed by atoms with van der Waals surface area (Å²) in [7, 11) is 0. The average molecular weight is 317 g/mol. The van der Waals surface area contributed by atoms with Gasteiger partial charge in [0.25, 0.3) is 5.91 Å². The molecule has 1 aliphatic carbocycles. The van der Waals surface area contributed by atoms with E-state index in [1.54, 1.807) is 24.3 Å². The van der Waals surface area contributed by atoms with Gasteiger partial charge in [0.15, 0.2) is 0 Å². The van der Waals surface area contributed by atoms with Gasteiger partial charge in [-0.15, -0.1) is 0 Å². The second-order valence-electron chi connectivity index (χ2n) is 6.10. The molecule has 0 radical (unpaired) electrons. The Morgan fingerprint density at radius 1 is 1.17 bits per heavy atom. The van der Waals surface area contributed by atoms with Crippen molar-refractivity contribution in [3.8, 4) is 0 Å². The van der Waals surface area contributed by atoms with E-state index in [1.807, 2.05) is 0 Å². The molecule has 0 spiro atoms.